The van der Waals surface area contributed by atoms with Crippen molar-refractivity contribution in [2.75, 3.05) is 5.32 Å². The van der Waals surface area contributed by atoms with E-state index in [4.69, 9.17) is 0 Å². The van der Waals surface area contributed by atoms with Crippen LogP contribution in [0.1, 0.15) is 51.5 Å². The van der Waals surface area contributed by atoms with Gasteiger partial charge in [-0.2, -0.15) is 0 Å². The summed E-state index contributed by atoms with van der Waals surface area (Å²) < 4.78 is 2.32. The van der Waals surface area contributed by atoms with Crippen molar-refractivity contribution in [2.45, 2.75) is 58.9 Å². The number of halogens is 2. The van der Waals surface area contributed by atoms with Gasteiger partial charge >= 0.3 is 0 Å². The van der Waals surface area contributed by atoms with E-state index < -0.39 is 0 Å². The molecule has 1 aromatic rings. The van der Waals surface area contributed by atoms with Gasteiger partial charge in [0.25, 0.3) is 0 Å². The molecule has 1 saturated carbocycles. The summed E-state index contributed by atoms with van der Waals surface area (Å²) in [6, 6.07) is 4.98. The third-order valence-corrected chi connectivity index (χ3v) is 5.37. The molecule has 2 unspecified atom stereocenters. The van der Waals surface area contributed by atoms with Gasteiger partial charge in [0.05, 0.1) is 5.69 Å². The lowest BCUT2D eigenvalue weighted by Gasteiger charge is -2.32. The lowest BCUT2D eigenvalue weighted by Crippen LogP contribution is -2.28. The second kappa shape index (κ2) is 7.31. The van der Waals surface area contributed by atoms with Crippen molar-refractivity contribution in [1.29, 1.82) is 0 Å². The lowest BCUT2D eigenvalue weighted by atomic mass is 9.81. The van der Waals surface area contributed by atoms with E-state index in [9.17, 15) is 0 Å². The summed E-state index contributed by atoms with van der Waals surface area (Å²) in [5.74, 6) is 1.71. The van der Waals surface area contributed by atoms with E-state index in [1.807, 2.05) is 0 Å². The number of aryl methyl sites for hydroxylation is 1. The number of benzene rings is 1. The highest BCUT2D eigenvalue weighted by Crippen LogP contribution is 2.36. The van der Waals surface area contributed by atoms with Crippen LogP contribution in [0.4, 0.5) is 5.69 Å². The predicted octanol–water partition coefficient (Wildman–Crippen LogP) is 6.54. The summed E-state index contributed by atoms with van der Waals surface area (Å²) in [5, 5.41) is 3.75. The van der Waals surface area contributed by atoms with Crippen LogP contribution in [0.15, 0.2) is 21.1 Å². The second-order valence-electron chi connectivity index (χ2n) is 6.61. The monoisotopic (exact) mass is 401 g/mol. The maximum atomic E-state index is 3.75. The van der Waals surface area contributed by atoms with Gasteiger partial charge in [-0.15, -0.1) is 0 Å². The molecule has 1 aromatic carbocycles. The minimum absolute atomic E-state index is 0.614. The normalized spacial score (nSPS) is 23.1. The fraction of sp³-hybridized carbons (Fsp3) is 0.647. The summed E-state index contributed by atoms with van der Waals surface area (Å²) in [5.41, 5.74) is 2.49. The topological polar surface area (TPSA) is 12.0 Å². The number of anilines is 1. The zero-order valence-electron chi connectivity index (χ0n) is 12.7. The molecule has 0 heterocycles. The first kappa shape index (κ1) is 16.4. The SMILES string of the molecule is Cc1cc(Br)c(NC2CCCC(CC(C)C)C2)c(Br)c1. The first-order valence-corrected chi connectivity index (χ1v) is 9.26. The van der Waals surface area contributed by atoms with Crippen LogP contribution in [0.5, 0.6) is 0 Å². The second-order valence-corrected chi connectivity index (χ2v) is 8.32. The van der Waals surface area contributed by atoms with E-state index in [1.54, 1.807) is 0 Å². The number of nitrogens with one attached hydrogen (secondary N) is 1. The fourth-order valence-electron chi connectivity index (χ4n) is 3.34. The van der Waals surface area contributed by atoms with Crippen LogP contribution < -0.4 is 5.32 Å². The van der Waals surface area contributed by atoms with Crippen molar-refractivity contribution < 1.29 is 0 Å². The van der Waals surface area contributed by atoms with Crippen molar-refractivity contribution in [3.8, 4) is 0 Å². The standard InChI is InChI=1S/C17H25Br2N/c1-11(2)7-13-5-4-6-14(10-13)20-17-15(18)8-12(3)9-16(17)19/h8-9,11,13-14,20H,4-7,10H2,1-3H3. The Morgan fingerprint density at radius 1 is 1.20 bits per heavy atom. The Morgan fingerprint density at radius 2 is 1.85 bits per heavy atom. The quantitative estimate of drug-likeness (QED) is 0.602. The molecule has 2 atom stereocenters. The van der Waals surface area contributed by atoms with Gasteiger partial charge in [0.15, 0.2) is 0 Å². The first-order valence-electron chi connectivity index (χ1n) is 7.68. The molecule has 112 valence electrons. The van der Waals surface area contributed by atoms with Crippen molar-refractivity contribution in [3.05, 3.63) is 26.6 Å². The van der Waals surface area contributed by atoms with Gasteiger partial charge in [0.1, 0.15) is 0 Å². The highest BCUT2D eigenvalue weighted by molar-refractivity contribution is 9.11. The molecule has 3 heteroatoms. The van der Waals surface area contributed by atoms with Gasteiger partial charge in [-0.05, 0) is 87.6 Å². The highest BCUT2D eigenvalue weighted by Gasteiger charge is 2.23. The van der Waals surface area contributed by atoms with Crippen LogP contribution in [-0.4, -0.2) is 6.04 Å². The van der Waals surface area contributed by atoms with E-state index in [0.717, 1.165) is 20.8 Å². The molecule has 0 spiro atoms. The smallest absolute Gasteiger partial charge is 0.0631 e. The van der Waals surface area contributed by atoms with Gasteiger partial charge in [-0.3, -0.25) is 0 Å². The van der Waals surface area contributed by atoms with Crippen LogP contribution in [-0.2, 0) is 0 Å². The Balaban J connectivity index is 2.03. The molecule has 0 aromatic heterocycles. The summed E-state index contributed by atoms with van der Waals surface area (Å²) in [6.45, 7) is 6.80. The lowest BCUT2D eigenvalue weighted by molar-refractivity contribution is 0.289. The van der Waals surface area contributed by atoms with E-state index in [0.29, 0.717) is 6.04 Å². The van der Waals surface area contributed by atoms with E-state index in [1.165, 1.54) is 43.4 Å². The average molecular weight is 403 g/mol. The number of rotatable bonds is 4. The van der Waals surface area contributed by atoms with Crippen molar-refractivity contribution in [3.63, 3.8) is 0 Å². The van der Waals surface area contributed by atoms with Crippen LogP contribution >= 0.6 is 31.9 Å². The van der Waals surface area contributed by atoms with Crippen LogP contribution in [0.3, 0.4) is 0 Å². The summed E-state index contributed by atoms with van der Waals surface area (Å²) >= 11 is 7.38. The number of hydrogen-bond donors (Lipinski definition) is 1. The maximum absolute atomic E-state index is 3.75. The van der Waals surface area contributed by atoms with E-state index in [-0.39, 0.29) is 0 Å². The molecule has 1 aliphatic carbocycles. The third-order valence-electron chi connectivity index (χ3n) is 4.12. The highest BCUT2D eigenvalue weighted by atomic mass is 79.9. The molecule has 1 N–H and O–H groups in total. The summed E-state index contributed by atoms with van der Waals surface area (Å²) in [6.07, 6.45) is 6.74. The van der Waals surface area contributed by atoms with Gasteiger partial charge in [0.2, 0.25) is 0 Å². The Labute approximate surface area is 140 Å². The molecular weight excluding hydrogens is 378 g/mol. The summed E-state index contributed by atoms with van der Waals surface area (Å²) in [4.78, 5) is 0. The molecule has 0 aliphatic heterocycles. The van der Waals surface area contributed by atoms with Crippen LogP contribution in [0, 0.1) is 18.8 Å². The minimum Gasteiger partial charge on any atom is -0.380 e. The zero-order valence-corrected chi connectivity index (χ0v) is 15.9. The van der Waals surface area contributed by atoms with Crippen LogP contribution in [0.25, 0.3) is 0 Å². The molecule has 0 amide bonds. The number of hydrogen-bond acceptors (Lipinski definition) is 1. The fourth-order valence-corrected chi connectivity index (χ4v) is 4.99. The Morgan fingerprint density at radius 3 is 2.45 bits per heavy atom. The average Bonchev–Trinajstić information content (AvgIpc) is 2.33. The van der Waals surface area contributed by atoms with Crippen molar-refractivity contribution in [2.24, 2.45) is 11.8 Å². The Kier molecular flexibility index (Phi) is 5.97. The third kappa shape index (κ3) is 4.49. The molecule has 0 saturated heterocycles. The molecule has 20 heavy (non-hydrogen) atoms. The van der Waals surface area contributed by atoms with Gasteiger partial charge in [-0.1, -0.05) is 26.7 Å². The van der Waals surface area contributed by atoms with Crippen molar-refractivity contribution >= 4 is 37.5 Å². The molecule has 0 bridgehead atoms. The Bertz CT molecular complexity index is 433. The maximum Gasteiger partial charge on any atom is 0.0631 e. The molecule has 2 rings (SSSR count). The van der Waals surface area contributed by atoms with Gasteiger partial charge in [-0.25, -0.2) is 0 Å². The van der Waals surface area contributed by atoms with E-state index >= 15 is 0 Å². The predicted molar refractivity (Wildman–Crippen MR) is 95.4 cm³/mol. The minimum atomic E-state index is 0.614. The molecule has 1 aliphatic rings. The van der Waals surface area contributed by atoms with Crippen LogP contribution in [0.2, 0.25) is 0 Å². The molecule has 1 fully saturated rings. The van der Waals surface area contributed by atoms with E-state index in [2.05, 4.69) is 70.1 Å². The Hall–Kier alpha value is -0.0200. The van der Waals surface area contributed by atoms with Gasteiger partial charge < -0.3 is 5.32 Å². The zero-order chi connectivity index (χ0) is 14.7. The van der Waals surface area contributed by atoms with Crippen molar-refractivity contribution in [1.82, 2.24) is 0 Å². The summed E-state index contributed by atoms with van der Waals surface area (Å²) in [7, 11) is 0. The molecule has 0 radical (unpaired) electrons. The molecule has 1 nitrogen and oxygen atoms in total. The largest absolute Gasteiger partial charge is 0.380 e. The first-order chi connectivity index (χ1) is 9.45. The van der Waals surface area contributed by atoms with Gasteiger partial charge in [0, 0.05) is 15.0 Å². The molecular formula is C17H25Br2N.